The molecule has 36 heavy (non-hydrogen) atoms. The van der Waals surface area contributed by atoms with Crippen LogP contribution in [0.25, 0.3) is 17.0 Å². The summed E-state index contributed by atoms with van der Waals surface area (Å²) in [4.78, 5) is 28.2. The molecule has 0 saturated heterocycles. The maximum absolute atomic E-state index is 13.2. The number of aromatic nitrogens is 1. The third-order valence-electron chi connectivity index (χ3n) is 5.86. The summed E-state index contributed by atoms with van der Waals surface area (Å²) >= 11 is 0. The quantitative estimate of drug-likeness (QED) is 0.385. The number of fused-ring (bicyclic) bond motifs is 1. The first-order chi connectivity index (χ1) is 17.2. The number of hydrogen-bond donors (Lipinski definition) is 2. The fourth-order valence-corrected chi connectivity index (χ4v) is 4.72. The number of amides is 2. The summed E-state index contributed by atoms with van der Waals surface area (Å²) in [6, 6.07) is 15.6. The molecule has 0 unspecified atom stereocenters. The second-order valence-electron chi connectivity index (χ2n) is 8.35. The van der Waals surface area contributed by atoms with Gasteiger partial charge in [-0.1, -0.05) is 50.2 Å². The van der Waals surface area contributed by atoms with E-state index < -0.39 is 22.0 Å². The van der Waals surface area contributed by atoms with E-state index in [1.54, 1.807) is 54.6 Å². The van der Waals surface area contributed by atoms with Gasteiger partial charge in [-0.2, -0.15) is 12.7 Å². The minimum Gasteiger partial charge on any atom is -0.349 e. The lowest BCUT2D eigenvalue weighted by Crippen LogP contribution is -2.39. The first-order valence-corrected chi connectivity index (χ1v) is 13.2. The van der Waals surface area contributed by atoms with Gasteiger partial charge in [0.1, 0.15) is 5.70 Å². The van der Waals surface area contributed by atoms with E-state index in [0.29, 0.717) is 35.1 Å². The van der Waals surface area contributed by atoms with Crippen LogP contribution >= 0.6 is 0 Å². The topological polar surface area (TPSA) is 104 Å². The Kier molecular flexibility index (Phi) is 9.03. The highest BCUT2D eigenvalue weighted by Gasteiger charge is 2.22. The summed E-state index contributed by atoms with van der Waals surface area (Å²) in [6.45, 7) is 6.89. The van der Waals surface area contributed by atoms with Gasteiger partial charge in [-0.25, -0.2) is 3.97 Å². The van der Waals surface area contributed by atoms with Gasteiger partial charge in [0, 0.05) is 49.9 Å². The Balaban J connectivity index is 2.02. The Hall–Kier alpha value is -3.47. The van der Waals surface area contributed by atoms with E-state index in [1.807, 2.05) is 13.8 Å². The minimum atomic E-state index is -3.81. The number of hydrogen-bond acceptors (Lipinski definition) is 5. The second-order valence-corrected chi connectivity index (χ2v) is 10.4. The van der Waals surface area contributed by atoms with Crippen LogP contribution in [0.3, 0.4) is 0 Å². The van der Waals surface area contributed by atoms with E-state index in [-0.39, 0.29) is 5.70 Å². The molecular formula is C26H33N5O4S. The zero-order chi connectivity index (χ0) is 26.3. The molecule has 0 spiro atoms. The van der Waals surface area contributed by atoms with Crippen LogP contribution in [0.2, 0.25) is 0 Å². The highest BCUT2D eigenvalue weighted by molar-refractivity contribution is 7.87. The Morgan fingerprint density at radius 3 is 2.25 bits per heavy atom. The van der Waals surface area contributed by atoms with Crippen LogP contribution in [0, 0.1) is 0 Å². The molecule has 2 aromatic carbocycles. The average molecular weight is 512 g/mol. The van der Waals surface area contributed by atoms with Crippen molar-refractivity contribution in [1.29, 1.82) is 0 Å². The number of para-hydroxylation sites is 1. The zero-order valence-corrected chi connectivity index (χ0v) is 21.9. The summed E-state index contributed by atoms with van der Waals surface area (Å²) < 4.78 is 28.1. The molecule has 3 aromatic rings. The third kappa shape index (κ3) is 6.20. The molecule has 0 bridgehead atoms. The van der Waals surface area contributed by atoms with E-state index >= 15 is 0 Å². The van der Waals surface area contributed by atoms with Gasteiger partial charge in [-0.05, 0) is 37.4 Å². The van der Waals surface area contributed by atoms with Gasteiger partial charge in [-0.3, -0.25) is 9.59 Å². The lowest BCUT2D eigenvalue weighted by Gasteiger charge is -2.18. The van der Waals surface area contributed by atoms with Gasteiger partial charge in [0.25, 0.3) is 11.8 Å². The monoisotopic (exact) mass is 511 g/mol. The lowest BCUT2D eigenvalue weighted by molar-refractivity contribution is -0.117. The van der Waals surface area contributed by atoms with Crippen molar-refractivity contribution in [1.82, 2.24) is 23.8 Å². The smallest absolute Gasteiger partial charge is 0.307 e. The van der Waals surface area contributed by atoms with Crippen molar-refractivity contribution in [3.05, 3.63) is 77.6 Å². The summed E-state index contributed by atoms with van der Waals surface area (Å²) in [5, 5.41) is 6.21. The van der Waals surface area contributed by atoms with Crippen molar-refractivity contribution in [3.63, 3.8) is 0 Å². The van der Waals surface area contributed by atoms with E-state index in [4.69, 9.17) is 0 Å². The average Bonchev–Trinajstić information content (AvgIpc) is 3.25. The standard InChI is InChI=1S/C26H33N5O4S/c1-5-30(6-2)17-16-27-26(33)23(28-25(32)20-12-8-7-9-13-20)18-21-19-31(36(34,35)29(3)4)24-15-11-10-14-22(21)24/h7-15,18-19H,5-6,16-17H2,1-4H3,(H,27,33)(H,28,32). The third-order valence-corrected chi connectivity index (χ3v) is 7.58. The second kappa shape index (κ2) is 12.0. The number of nitrogens with one attached hydrogen (secondary N) is 2. The van der Waals surface area contributed by atoms with Crippen molar-refractivity contribution in [3.8, 4) is 0 Å². The molecule has 0 saturated carbocycles. The summed E-state index contributed by atoms with van der Waals surface area (Å²) in [7, 11) is -0.901. The summed E-state index contributed by atoms with van der Waals surface area (Å²) in [5.74, 6) is -0.899. The van der Waals surface area contributed by atoms with Crippen LogP contribution < -0.4 is 10.6 Å². The molecule has 2 N–H and O–H groups in total. The van der Waals surface area contributed by atoms with Gasteiger partial charge in [-0.15, -0.1) is 0 Å². The van der Waals surface area contributed by atoms with Crippen LogP contribution in [0.15, 0.2) is 66.5 Å². The predicted octanol–water partition coefficient (Wildman–Crippen LogP) is 2.52. The van der Waals surface area contributed by atoms with Crippen LogP contribution in [-0.4, -0.2) is 73.7 Å². The van der Waals surface area contributed by atoms with Crippen LogP contribution in [-0.2, 0) is 15.0 Å². The Morgan fingerprint density at radius 2 is 1.61 bits per heavy atom. The minimum absolute atomic E-state index is 0.0218. The van der Waals surface area contributed by atoms with E-state index in [2.05, 4.69) is 15.5 Å². The number of nitrogens with zero attached hydrogens (tertiary/aromatic N) is 3. The molecule has 2 amide bonds. The molecule has 0 aliphatic heterocycles. The number of rotatable bonds is 11. The molecule has 0 fully saturated rings. The summed E-state index contributed by atoms with van der Waals surface area (Å²) in [5.41, 5.74) is 1.37. The molecule has 10 heteroatoms. The zero-order valence-electron chi connectivity index (χ0n) is 21.1. The maximum atomic E-state index is 13.2. The molecule has 192 valence electrons. The molecule has 0 aliphatic rings. The molecule has 9 nitrogen and oxygen atoms in total. The van der Waals surface area contributed by atoms with Crippen LogP contribution in [0.5, 0.6) is 0 Å². The van der Waals surface area contributed by atoms with Gasteiger partial charge in [0.15, 0.2) is 0 Å². The lowest BCUT2D eigenvalue weighted by atomic mass is 10.1. The van der Waals surface area contributed by atoms with Gasteiger partial charge in [0.05, 0.1) is 5.52 Å². The predicted molar refractivity (Wildman–Crippen MR) is 143 cm³/mol. The molecule has 1 aromatic heterocycles. The van der Waals surface area contributed by atoms with E-state index in [1.165, 1.54) is 30.3 Å². The molecular weight excluding hydrogens is 478 g/mol. The molecule has 3 rings (SSSR count). The van der Waals surface area contributed by atoms with Gasteiger partial charge >= 0.3 is 10.2 Å². The molecule has 1 heterocycles. The van der Waals surface area contributed by atoms with E-state index in [0.717, 1.165) is 17.4 Å². The van der Waals surface area contributed by atoms with Crippen LogP contribution in [0.1, 0.15) is 29.8 Å². The number of carbonyl (C=O) groups excluding carboxylic acids is 2. The highest BCUT2D eigenvalue weighted by Crippen LogP contribution is 2.25. The van der Waals surface area contributed by atoms with Crippen molar-refractivity contribution in [2.45, 2.75) is 13.8 Å². The highest BCUT2D eigenvalue weighted by atomic mass is 32.2. The van der Waals surface area contributed by atoms with Gasteiger partial charge < -0.3 is 15.5 Å². The Labute approximate surface area is 212 Å². The normalized spacial score (nSPS) is 12.3. The number of carbonyl (C=O) groups is 2. The Bertz CT molecular complexity index is 1340. The van der Waals surface area contributed by atoms with Crippen molar-refractivity contribution >= 4 is 39.0 Å². The van der Waals surface area contributed by atoms with Crippen LogP contribution in [0.4, 0.5) is 0 Å². The molecule has 0 aliphatic carbocycles. The number of benzene rings is 2. The SMILES string of the molecule is CCN(CC)CCNC(=O)C(=Cc1cn(S(=O)(=O)N(C)C)c2ccccc12)NC(=O)c1ccccc1. The maximum Gasteiger partial charge on any atom is 0.307 e. The molecule has 0 radical (unpaired) electrons. The first-order valence-electron chi connectivity index (χ1n) is 11.8. The number of likely N-dealkylation sites (N-methyl/N-ethyl adjacent to an activating group) is 1. The van der Waals surface area contributed by atoms with Gasteiger partial charge in [0.2, 0.25) is 0 Å². The fraction of sp³-hybridized carbons (Fsp3) is 0.308. The first kappa shape index (κ1) is 27.1. The largest absolute Gasteiger partial charge is 0.349 e. The Morgan fingerprint density at radius 1 is 0.972 bits per heavy atom. The van der Waals surface area contributed by atoms with E-state index in [9.17, 15) is 18.0 Å². The fourth-order valence-electron chi connectivity index (χ4n) is 3.72. The van der Waals surface area contributed by atoms with Crippen molar-refractivity contribution < 1.29 is 18.0 Å². The van der Waals surface area contributed by atoms with Crippen molar-refractivity contribution in [2.75, 3.05) is 40.3 Å². The van der Waals surface area contributed by atoms with Crippen molar-refractivity contribution in [2.24, 2.45) is 0 Å². The summed E-state index contributed by atoms with van der Waals surface area (Å²) in [6.07, 6.45) is 2.97. The molecule has 0 atom stereocenters.